The molecule has 1 aliphatic rings. The van der Waals surface area contributed by atoms with E-state index in [0.29, 0.717) is 25.2 Å². The quantitative estimate of drug-likeness (QED) is 0.709. The van der Waals surface area contributed by atoms with E-state index in [0.717, 1.165) is 28.9 Å². The van der Waals surface area contributed by atoms with Crippen LogP contribution >= 0.6 is 0 Å². The zero-order valence-corrected chi connectivity index (χ0v) is 16.1. The van der Waals surface area contributed by atoms with Gasteiger partial charge in [0.1, 0.15) is 0 Å². The molecule has 0 spiro atoms. The lowest BCUT2D eigenvalue weighted by Gasteiger charge is -2.28. The largest absolute Gasteiger partial charge is 0.360 e. The second-order valence-electron chi connectivity index (χ2n) is 7.03. The Morgan fingerprint density at radius 1 is 0.931 bits per heavy atom. The molecule has 0 aromatic heterocycles. The summed E-state index contributed by atoms with van der Waals surface area (Å²) in [5, 5.41) is 5.84. The Morgan fingerprint density at radius 3 is 2.41 bits per heavy atom. The molecular formula is C24H23N3O2. The number of anilines is 1. The third-order valence-electron chi connectivity index (χ3n) is 5.05. The molecule has 3 aromatic carbocycles. The van der Waals surface area contributed by atoms with E-state index < -0.39 is 0 Å². The number of amides is 2. The molecule has 5 nitrogen and oxygen atoms in total. The van der Waals surface area contributed by atoms with Gasteiger partial charge >= 0.3 is 0 Å². The molecule has 0 bridgehead atoms. The van der Waals surface area contributed by atoms with Crippen LogP contribution in [0.15, 0.2) is 78.9 Å². The second kappa shape index (κ2) is 8.61. The van der Waals surface area contributed by atoms with Crippen LogP contribution in [0.5, 0.6) is 0 Å². The molecule has 0 radical (unpaired) electrons. The highest BCUT2D eigenvalue weighted by Crippen LogP contribution is 2.23. The molecule has 1 saturated heterocycles. The topological polar surface area (TPSA) is 61.4 Å². The third kappa shape index (κ3) is 4.46. The highest BCUT2D eigenvalue weighted by molar-refractivity contribution is 6.00. The Balaban J connectivity index is 1.42. The molecule has 1 fully saturated rings. The summed E-state index contributed by atoms with van der Waals surface area (Å²) in [6.45, 7) is 2.30. The fraction of sp³-hybridized carbons (Fsp3) is 0.167. The summed E-state index contributed by atoms with van der Waals surface area (Å²) in [5.74, 6) is -0.0501. The minimum atomic E-state index is -0.0961. The molecule has 5 heteroatoms. The smallest absolute Gasteiger partial charge is 0.252 e. The average Bonchev–Trinajstić information content (AvgIpc) is 2.78. The van der Waals surface area contributed by atoms with Gasteiger partial charge in [0.15, 0.2) is 0 Å². The summed E-state index contributed by atoms with van der Waals surface area (Å²) in [4.78, 5) is 26.4. The van der Waals surface area contributed by atoms with Gasteiger partial charge in [0.25, 0.3) is 5.91 Å². The van der Waals surface area contributed by atoms with Crippen LogP contribution in [0.2, 0.25) is 0 Å². The highest BCUT2D eigenvalue weighted by atomic mass is 16.2. The Hall–Kier alpha value is -3.60. The molecule has 0 atom stereocenters. The molecule has 29 heavy (non-hydrogen) atoms. The molecule has 4 rings (SSSR count). The van der Waals surface area contributed by atoms with E-state index in [1.807, 2.05) is 78.9 Å². The van der Waals surface area contributed by atoms with E-state index in [1.165, 1.54) is 0 Å². The number of piperazine rings is 1. The van der Waals surface area contributed by atoms with Crippen molar-refractivity contribution in [2.75, 3.05) is 24.5 Å². The normalized spacial score (nSPS) is 13.7. The lowest BCUT2D eigenvalue weighted by Crippen LogP contribution is -2.47. The zero-order valence-electron chi connectivity index (χ0n) is 16.1. The molecule has 146 valence electrons. The van der Waals surface area contributed by atoms with Crippen LogP contribution in [0.4, 0.5) is 5.69 Å². The van der Waals surface area contributed by atoms with E-state index in [9.17, 15) is 9.59 Å². The van der Waals surface area contributed by atoms with Gasteiger partial charge in [-0.1, -0.05) is 60.7 Å². The van der Waals surface area contributed by atoms with Crippen LogP contribution < -0.4 is 15.5 Å². The first-order valence-corrected chi connectivity index (χ1v) is 9.74. The second-order valence-corrected chi connectivity index (χ2v) is 7.03. The number of rotatable bonds is 5. The molecule has 1 aliphatic heterocycles. The van der Waals surface area contributed by atoms with E-state index in [4.69, 9.17) is 0 Å². The number of hydrogen-bond donors (Lipinski definition) is 2. The Bertz CT molecular complexity index is 1000. The molecule has 3 aromatic rings. The maximum atomic E-state index is 12.8. The summed E-state index contributed by atoms with van der Waals surface area (Å²) in [7, 11) is 0. The van der Waals surface area contributed by atoms with Gasteiger partial charge in [-0.15, -0.1) is 0 Å². The van der Waals surface area contributed by atoms with Crippen LogP contribution in [0.3, 0.4) is 0 Å². The zero-order chi connectivity index (χ0) is 20.1. The highest BCUT2D eigenvalue weighted by Gasteiger charge is 2.16. The first kappa shape index (κ1) is 18.7. The average molecular weight is 385 g/mol. The number of benzene rings is 3. The summed E-state index contributed by atoms with van der Waals surface area (Å²) in [6, 6.07) is 25.5. The predicted octanol–water partition coefficient (Wildman–Crippen LogP) is 3.22. The molecule has 0 aliphatic carbocycles. The summed E-state index contributed by atoms with van der Waals surface area (Å²) in [6.07, 6.45) is 0. The summed E-state index contributed by atoms with van der Waals surface area (Å²) in [5.41, 5.74) is 4.64. The van der Waals surface area contributed by atoms with Crippen LogP contribution in [-0.2, 0) is 11.3 Å². The van der Waals surface area contributed by atoms with Gasteiger partial charge < -0.3 is 15.5 Å². The lowest BCUT2D eigenvalue weighted by molar-refractivity contribution is -0.120. The minimum absolute atomic E-state index is 0.0460. The fourth-order valence-corrected chi connectivity index (χ4v) is 3.51. The molecule has 2 amide bonds. The Labute approximate surface area is 170 Å². The minimum Gasteiger partial charge on any atom is -0.360 e. The molecule has 0 saturated carbocycles. The number of nitrogens with one attached hydrogen (secondary N) is 2. The number of carbonyl (C=O) groups is 2. The fourth-order valence-electron chi connectivity index (χ4n) is 3.51. The first-order chi connectivity index (χ1) is 14.2. The van der Waals surface area contributed by atoms with E-state index in [2.05, 4.69) is 15.5 Å². The van der Waals surface area contributed by atoms with Crippen molar-refractivity contribution < 1.29 is 9.59 Å². The summed E-state index contributed by atoms with van der Waals surface area (Å²) < 4.78 is 0. The maximum Gasteiger partial charge on any atom is 0.252 e. The number of hydrogen-bond acceptors (Lipinski definition) is 3. The van der Waals surface area contributed by atoms with E-state index >= 15 is 0 Å². The molecular weight excluding hydrogens is 362 g/mol. The van der Waals surface area contributed by atoms with E-state index in [1.54, 1.807) is 0 Å². The molecule has 2 N–H and O–H groups in total. The van der Waals surface area contributed by atoms with Gasteiger partial charge in [0, 0.05) is 30.9 Å². The first-order valence-electron chi connectivity index (χ1n) is 9.74. The Morgan fingerprint density at radius 2 is 1.66 bits per heavy atom. The monoisotopic (exact) mass is 385 g/mol. The molecule has 0 unspecified atom stereocenters. The van der Waals surface area contributed by atoms with Crippen molar-refractivity contribution in [1.29, 1.82) is 0 Å². The van der Waals surface area contributed by atoms with Crippen LogP contribution in [0, 0.1) is 0 Å². The van der Waals surface area contributed by atoms with Crippen LogP contribution in [0.1, 0.15) is 15.9 Å². The standard InChI is InChI=1S/C24H23N3O2/c28-23-17-27(15-14-25-23)20-12-10-18(11-13-20)16-26-24(29)22-9-5-4-8-21(22)19-6-2-1-3-7-19/h1-13H,14-17H2,(H,25,28)(H,26,29). The third-order valence-corrected chi connectivity index (χ3v) is 5.05. The van der Waals surface area contributed by atoms with Gasteiger partial charge in [0.2, 0.25) is 5.91 Å². The summed E-state index contributed by atoms with van der Waals surface area (Å²) >= 11 is 0. The predicted molar refractivity (Wildman–Crippen MR) is 115 cm³/mol. The van der Waals surface area contributed by atoms with Crippen molar-refractivity contribution in [1.82, 2.24) is 10.6 Å². The van der Waals surface area contributed by atoms with E-state index in [-0.39, 0.29) is 11.8 Å². The number of carbonyl (C=O) groups excluding carboxylic acids is 2. The van der Waals surface area contributed by atoms with Crippen molar-refractivity contribution in [3.05, 3.63) is 90.0 Å². The van der Waals surface area contributed by atoms with Gasteiger partial charge in [0.05, 0.1) is 6.54 Å². The maximum absolute atomic E-state index is 12.8. The lowest BCUT2D eigenvalue weighted by atomic mass is 9.99. The van der Waals surface area contributed by atoms with Crippen molar-refractivity contribution >= 4 is 17.5 Å². The van der Waals surface area contributed by atoms with Gasteiger partial charge in [-0.3, -0.25) is 9.59 Å². The number of nitrogens with zero attached hydrogens (tertiary/aromatic N) is 1. The van der Waals surface area contributed by atoms with Crippen molar-refractivity contribution in [3.8, 4) is 11.1 Å². The van der Waals surface area contributed by atoms with Crippen molar-refractivity contribution in [2.45, 2.75) is 6.54 Å². The van der Waals surface area contributed by atoms with Gasteiger partial charge in [-0.05, 0) is 34.9 Å². The molecule has 1 heterocycles. The van der Waals surface area contributed by atoms with Crippen molar-refractivity contribution in [3.63, 3.8) is 0 Å². The van der Waals surface area contributed by atoms with Gasteiger partial charge in [-0.2, -0.15) is 0 Å². The Kier molecular flexibility index (Phi) is 5.56. The van der Waals surface area contributed by atoms with Gasteiger partial charge in [-0.25, -0.2) is 0 Å². The SMILES string of the molecule is O=C1CN(c2ccc(CNC(=O)c3ccccc3-c3ccccc3)cc2)CCN1. The van der Waals surface area contributed by atoms with Crippen molar-refractivity contribution in [2.24, 2.45) is 0 Å². The van der Waals surface area contributed by atoms with Crippen LogP contribution in [-0.4, -0.2) is 31.4 Å². The van der Waals surface area contributed by atoms with Crippen LogP contribution in [0.25, 0.3) is 11.1 Å².